The summed E-state index contributed by atoms with van der Waals surface area (Å²) in [7, 11) is 0. The molecule has 2 aromatic rings. The van der Waals surface area contributed by atoms with Crippen LogP contribution in [-0.4, -0.2) is 0 Å². The summed E-state index contributed by atoms with van der Waals surface area (Å²) in [6.07, 6.45) is 15.4. The molecular formula is C20H29BrS2. The topological polar surface area (TPSA) is 0 Å². The van der Waals surface area contributed by atoms with Crippen molar-refractivity contribution >= 4 is 38.6 Å². The van der Waals surface area contributed by atoms with Gasteiger partial charge in [0.15, 0.2) is 0 Å². The minimum absolute atomic E-state index is 1.25. The van der Waals surface area contributed by atoms with Crippen LogP contribution in [0.3, 0.4) is 0 Å². The Morgan fingerprint density at radius 1 is 0.826 bits per heavy atom. The second-order valence-corrected chi connectivity index (χ2v) is 9.71. The van der Waals surface area contributed by atoms with E-state index in [-0.39, 0.29) is 0 Å². The Kier molecular flexibility index (Phi) is 9.55. The molecule has 0 aliphatic heterocycles. The maximum atomic E-state index is 3.64. The van der Waals surface area contributed by atoms with Crippen LogP contribution in [-0.2, 0) is 6.42 Å². The summed E-state index contributed by atoms with van der Waals surface area (Å²) in [5.74, 6) is 0. The van der Waals surface area contributed by atoms with Crippen molar-refractivity contribution in [2.75, 3.05) is 0 Å². The lowest BCUT2D eigenvalue weighted by molar-refractivity contribution is 0.557. The van der Waals surface area contributed by atoms with Crippen LogP contribution in [0.25, 0.3) is 10.4 Å². The number of unbranched alkanes of at least 4 members (excludes halogenated alkanes) is 9. The van der Waals surface area contributed by atoms with Gasteiger partial charge >= 0.3 is 0 Å². The molecule has 0 N–H and O–H groups in total. The lowest BCUT2D eigenvalue weighted by Crippen LogP contribution is -1.84. The summed E-state index contributed by atoms with van der Waals surface area (Å²) in [4.78, 5) is 2.94. The Morgan fingerprint density at radius 2 is 1.48 bits per heavy atom. The van der Waals surface area contributed by atoms with Gasteiger partial charge in [-0.2, -0.15) is 0 Å². The molecule has 0 saturated heterocycles. The van der Waals surface area contributed by atoms with E-state index in [1.165, 1.54) is 89.7 Å². The molecule has 0 aliphatic carbocycles. The van der Waals surface area contributed by atoms with E-state index in [4.69, 9.17) is 0 Å². The van der Waals surface area contributed by atoms with Crippen molar-refractivity contribution in [3.8, 4) is 10.4 Å². The third kappa shape index (κ3) is 7.11. The number of hydrogen-bond donors (Lipinski definition) is 0. The third-order valence-electron chi connectivity index (χ3n) is 4.32. The van der Waals surface area contributed by atoms with Crippen LogP contribution in [0.2, 0.25) is 0 Å². The van der Waals surface area contributed by atoms with Crippen LogP contribution in [0.1, 0.15) is 76.0 Å². The molecule has 0 radical (unpaired) electrons. The van der Waals surface area contributed by atoms with E-state index in [1.54, 1.807) is 11.3 Å². The molecule has 23 heavy (non-hydrogen) atoms. The molecule has 2 aromatic heterocycles. The zero-order chi connectivity index (χ0) is 16.3. The average Bonchev–Trinajstić information content (AvgIpc) is 3.18. The summed E-state index contributed by atoms with van der Waals surface area (Å²) < 4.78 is 1.25. The van der Waals surface area contributed by atoms with E-state index in [0.29, 0.717) is 0 Å². The normalized spacial score (nSPS) is 11.2. The van der Waals surface area contributed by atoms with Gasteiger partial charge in [-0.1, -0.05) is 64.7 Å². The van der Waals surface area contributed by atoms with Crippen LogP contribution in [0.4, 0.5) is 0 Å². The monoisotopic (exact) mass is 412 g/mol. The quantitative estimate of drug-likeness (QED) is 0.305. The van der Waals surface area contributed by atoms with Crippen LogP contribution in [0, 0.1) is 0 Å². The number of halogens is 1. The van der Waals surface area contributed by atoms with Gasteiger partial charge in [0, 0.05) is 15.3 Å². The van der Waals surface area contributed by atoms with E-state index in [1.807, 2.05) is 11.3 Å². The summed E-state index contributed by atoms with van der Waals surface area (Å²) in [5.41, 5.74) is 1.36. The van der Waals surface area contributed by atoms with Crippen molar-refractivity contribution < 1.29 is 0 Å². The van der Waals surface area contributed by atoms with Gasteiger partial charge in [0.25, 0.3) is 0 Å². The molecule has 0 aromatic carbocycles. The van der Waals surface area contributed by atoms with Gasteiger partial charge in [0.05, 0.1) is 3.79 Å². The van der Waals surface area contributed by atoms with Gasteiger partial charge in [-0.15, -0.1) is 22.7 Å². The minimum Gasteiger partial charge on any atom is -0.140 e. The van der Waals surface area contributed by atoms with Crippen LogP contribution in [0.5, 0.6) is 0 Å². The fourth-order valence-electron chi connectivity index (χ4n) is 2.91. The molecule has 0 nitrogen and oxygen atoms in total. The van der Waals surface area contributed by atoms with Gasteiger partial charge in [-0.25, -0.2) is 0 Å². The number of hydrogen-bond acceptors (Lipinski definition) is 2. The molecule has 128 valence electrons. The van der Waals surface area contributed by atoms with Gasteiger partial charge in [0.1, 0.15) is 0 Å². The Hall–Kier alpha value is -0.120. The highest BCUT2D eigenvalue weighted by atomic mass is 79.9. The molecule has 3 heteroatoms. The van der Waals surface area contributed by atoms with Crippen molar-refractivity contribution in [3.63, 3.8) is 0 Å². The van der Waals surface area contributed by atoms with Gasteiger partial charge in [-0.05, 0) is 52.4 Å². The Morgan fingerprint density at radius 3 is 2.09 bits per heavy atom. The molecule has 0 saturated carbocycles. The van der Waals surface area contributed by atoms with Gasteiger partial charge in [-0.3, -0.25) is 0 Å². The first kappa shape index (κ1) is 19.2. The molecule has 0 fully saturated rings. The Bertz CT molecular complexity index is 541. The number of rotatable bonds is 12. The predicted molar refractivity (Wildman–Crippen MR) is 111 cm³/mol. The van der Waals surface area contributed by atoms with E-state index in [9.17, 15) is 0 Å². The average molecular weight is 413 g/mol. The lowest BCUT2D eigenvalue weighted by atomic mass is 10.1. The Labute approximate surface area is 158 Å². The molecular weight excluding hydrogens is 384 g/mol. The maximum absolute atomic E-state index is 3.64. The summed E-state index contributed by atoms with van der Waals surface area (Å²) in [6, 6.07) is 6.81. The standard InChI is InChI=1S/C20H29BrS2/c1-2-3-4-5-6-7-8-9-10-11-12-17-13-14-19(23-17)18-15-16-22-20(18)21/h13-16H,2-12H2,1H3. The first-order chi connectivity index (χ1) is 11.3. The molecule has 0 bridgehead atoms. The predicted octanol–water partition coefficient (Wildman–Crippen LogP) is 8.70. The van der Waals surface area contributed by atoms with Crippen molar-refractivity contribution in [1.82, 2.24) is 0 Å². The Balaban J connectivity index is 1.54. The highest BCUT2D eigenvalue weighted by Gasteiger charge is 2.07. The SMILES string of the molecule is CCCCCCCCCCCCc1ccc(-c2ccsc2Br)s1. The summed E-state index contributed by atoms with van der Waals surface area (Å²) in [6.45, 7) is 2.29. The highest BCUT2D eigenvalue weighted by molar-refractivity contribution is 9.11. The number of aryl methyl sites for hydroxylation is 1. The van der Waals surface area contributed by atoms with Crippen molar-refractivity contribution in [2.24, 2.45) is 0 Å². The highest BCUT2D eigenvalue weighted by Crippen LogP contribution is 2.37. The van der Waals surface area contributed by atoms with Crippen molar-refractivity contribution in [3.05, 3.63) is 32.2 Å². The molecule has 0 atom stereocenters. The second-order valence-electron chi connectivity index (χ2n) is 6.31. The molecule has 2 heterocycles. The molecule has 0 unspecified atom stereocenters. The smallest absolute Gasteiger partial charge is 0.0784 e. The largest absolute Gasteiger partial charge is 0.140 e. The summed E-state index contributed by atoms with van der Waals surface area (Å²) >= 11 is 7.37. The number of thiophene rings is 2. The minimum atomic E-state index is 1.25. The second kappa shape index (κ2) is 11.4. The fraction of sp³-hybridized carbons (Fsp3) is 0.600. The van der Waals surface area contributed by atoms with E-state index in [2.05, 4.69) is 46.4 Å². The van der Waals surface area contributed by atoms with Crippen LogP contribution < -0.4 is 0 Å². The lowest BCUT2D eigenvalue weighted by Gasteiger charge is -2.02. The van der Waals surface area contributed by atoms with E-state index < -0.39 is 0 Å². The third-order valence-corrected chi connectivity index (χ3v) is 7.19. The van der Waals surface area contributed by atoms with Gasteiger partial charge in [0.2, 0.25) is 0 Å². The molecule has 0 amide bonds. The molecule has 0 aliphatic rings. The van der Waals surface area contributed by atoms with E-state index in [0.717, 1.165) is 0 Å². The zero-order valence-corrected chi connectivity index (χ0v) is 17.5. The maximum Gasteiger partial charge on any atom is 0.0784 e. The van der Waals surface area contributed by atoms with Crippen molar-refractivity contribution in [1.29, 1.82) is 0 Å². The van der Waals surface area contributed by atoms with Crippen LogP contribution in [0.15, 0.2) is 27.4 Å². The molecule has 0 spiro atoms. The van der Waals surface area contributed by atoms with Crippen molar-refractivity contribution in [2.45, 2.75) is 77.6 Å². The molecule has 2 rings (SSSR count). The first-order valence-electron chi connectivity index (χ1n) is 9.13. The zero-order valence-electron chi connectivity index (χ0n) is 14.3. The van der Waals surface area contributed by atoms with E-state index >= 15 is 0 Å². The fourth-order valence-corrected chi connectivity index (χ4v) is 5.49. The van der Waals surface area contributed by atoms with Gasteiger partial charge < -0.3 is 0 Å². The van der Waals surface area contributed by atoms with Crippen LogP contribution >= 0.6 is 38.6 Å². The summed E-state index contributed by atoms with van der Waals surface area (Å²) in [5, 5.41) is 2.15. The first-order valence-corrected chi connectivity index (χ1v) is 11.6.